The van der Waals surface area contributed by atoms with Crippen molar-refractivity contribution >= 4 is 16.9 Å². The molecule has 2 saturated heterocycles. The zero-order valence-corrected chi connectivity index (χ0v) is 18.8. The van der Waals surface area contributed by atoms with E-state index in [4.69, 9.17) is 4.98 Å². The van der Waals surface area contributed by atoms with Crippen molar-refractivity contribution in [1.29, 1.82) is 0 Å². The maximum Gasteiger partial charge on any atom is 0.336 e. The van der Waals surface area contributed by atoms with Crippen molar-refractivity contribution in [3.63, 3.8) is 0 Å². The molecule has 0 unspecified atom stereocenters. The van der Waals surface area contributed by atoms with Crippen molar-refractivity contribution in [2.45, 2.75) is 44.7 Å². The van der Waals surface area contributed by atoms with Gasteiger partial charge in [-0.1, -0.05) is 36.8 Å². The summed E-state index contributed by atoms with van der Waals surface area (Å²) >= 11 is 0. The molecule has 0 saturated carbocycles. The molecule has 0 spiro atoms. The third kappa shape index (κ3) is 4.50. The SMILES string of the molecule is O=C(O)c1c(CN2CCC(N3CCCCC3)CC2)c(-c2ccccc2F)nc2ccccc12. The first-order valence-electron chi connectivity index (χ1n) is 12.0. The molecular weight excluding hydrogens is 417 g/mol. The Kier molecular flexibility index (Phi) is 6.38. The van der Waals surface area contributed by atoms with Gasteiger partial charge in [-0.2, -0.15) is 0 Å². The van der Waals surface area contributed by atoms with Crippen LogP contribution in [0.3, 0.4) is 0 Å². The van der Waals surface area contributed by atoms with E-state index < -0.39 is 5.97 Å². The lowest BCUT2D eigenvalue weighted by molar-refractivity contribution is 0.0692. The summed E-state index contributed by atoms with van der Waals surface area (Å²) in [6, 6.07) is 14.4. The van der Waals surface area contributed by atoms with Gasteiger partial charge >= 0.3 is 5.97 Å². The van der Waals surface area contributed by atoms with Gasteiger partial charge in [0.05, 0.1) is 16.8 Å². The Morgan fingerprint density at radius 2 is 1.67 bits per heavy atom. The molecule has 0 bridgehead atoms. The number of aromatic carboxylic acids is 1. The van der Waals surface area contributed by atoms with E-state index in [2.05, 4.69) is 9.80 Å². The van der Waals surface area contributed by atoms with E-state index in [1.807, 2.05) is 12.1 Å². The molecular formula is C27H30FN3O2. The Labute approximate surface area is 193 Å². The smallest absolute Gasteiger partial charge is 0.336 e. The molecule has 2 aliphatic rings. The van der Waals surface area contributed by atoms with Gasteiger partial charge in [0.15, 0.2) is 0 Å². The Hall–Kier alpha value is -2.83. The number of benzene rings is 2. The third-order valence-electron chi connectivity index (χ3n) is 7.18. The second kappa shape index (κ2) is 9.57. The van der Waals surface area contributed by atoms with E-state index >= 15 is 0 Å². The number of likely N-dealkylation sites (tertiary alicyclic amines) is 2. The first kappa shape index (κ1) is 22.0. The van der Waals surface area contributed by atoms with Gasteiger partial charge in [0.25, 0.3) is 0 Å². The lowest BCUT2D eigenvalue weighted by atomic mass is 9.94. The lowest BCUT2D eigenvalue weighted by Gasteiger charge is -2.40. The van der Waals surface area contributed by atoms with Crippen molar-refractivity contribution in [1.82, 2.24) is 14.8 Å². The largest absolute Gasteiger partial charge is 0.478 e. The summed E-state index contributed by atoms with van der Waals surface area (Å²) in [4.78, 5) is 22.2. The number of hydrogen-bond acceptors (Lipinski definition) is 4. The number of aromatic nitrogens is 1. The maximum atomic E-state index is 14.8. The number of carboxylic acids is 1. The highest BCUT2D eigenvalue weighted by molar-refractivity contribution is 6.05. The highest BCUT2D eigenvalue weighted by Crippen LogP contribution is 2.33. The van der Waals surface area contributed by atoms with E-state index in [-0.39, 0.29) is 11.4 Å². The zero-order chi connectivity index (χ0) is 22.8. The van der Waals surface area contributed by atoms with E-state index in [1.165, 1.54) is 38.4 Å². The lowest BCUT2D eigenvalue weighted by Crippen LogP contribution is -2.46. The molecule has 0 atom stereocenters. The first-order chi connectivity index (χ1) is 16.1. The molecule has 2 aliphatic heterocycles. The van der Waals surface area contributed by atoms with Crippen LogP contribution >= 0.6 is 0 Å². The first-order valence-corrected chi connectivity index (χ1v) is 12.0. The van der Waals surface area contributed by atoms with Gasteiger partial charge in [0.1, 0.15) is 5.82 Å². The molecule has 1 aromatic heterocycles. The van der Waals surface area contributed by atoms with Crippen LogP contribution in [0.15, 0.2) is 48.5 Å². The van der Waals surface area contributed by atoms with Crippen LogP contribution in [0.25, 0.3) is 22.2 Å². The van der Waals surface area contributed by atoms with Gasteiger partial charge in [-0.3, -0.25) is 4.90 Å². The fourth-order valence-corrected chi connectivity index (χ4v) is 5.48. The van der Waals surface area contributed by atoms with Crippen LogP contribution in [-0.2, 0) is 6.54 Å². The van der Waals surface area contributed by atoms with Crippen LogP contribution in [0.1, 0.15) is 48.0 Å². The van der Waals surface area contributed by atoms with Crippen molar-refractivity contribution in [2.75, 3.05) is 26.2 Å². The second-order valence-electron chi connectivity index (χ2n) is 9.22. The average molecular weight is 448 g/mol. The van der Waals surface area contributed by atoms with Crippen LogP contribution in [0.5, 0.6) is 0 Å². The summed E-state index contributed by atoms with van der Waals surface area (Å²) in [7, 11) is 0. The molecule has 5 rings (SSSR count). The van der Waals surface area contributed by atoms with Crippen LogP contribution in [0.2, 0.25) is 0 Å². The molecule has 0 amide bonds. The molecule has 0 radical (unpaired) electrons. The van der Waals surface area contributed by atoms with Crippen molar-refractivity contribution in [3.05, 3.63) is 65.5 Å². The molecule has 0 aliphatic carbocycles. The predicted molar refractivity (Wildman–Crippen MR) is 128 cm³/mol. The van der Waals surface area contributed by atoms with E-state index in [1.54, 1.807) is 30.3 Å². The zero-order valence-electron chi connectivity index (χ0n) is 18.8. The number of fused-ring (bicyclic) bond motifs is 1. The minimum Gasteiger partial charge on any atom is -0.478 e. The van der Waals surface area contributed by atoms with Gasteiger partial charge in [-0.25, -0.2) is 14.2 Å². The van der Waals surface area contributed by atoms with E-state index in [0.29, 0.717) is 40.3 Å². The summed E-state index contributed by atoms with van der Waals surface area (Å²) in [5.74, 6) is -1.38. The number of para-hydroxylation sites is 1. The molecule has 3 aromatic rings. The Morgan fingerprint density at radius 1 is 0.970 bits per heavy atom. The summed E-state index contributed by atoms with van der Waals surface area (Å²) < 4.78 is 14.8. The standard InChI is InChI=1S/C27H30FN3O2/c28-23-10-4-2-8-20(23)26-22(25(27(32)33)21-9-3-5-11-24(21)29-26)18-30-16-12-19(13-17-30)31-14-6-1-7-15-31/h2-5,8-11,19H,1,6-7,12-18H2,(H,32,33). The van der Waals surface area contributed by atoms with Gasteiger partial charge < -0.3 is 10.0 Å². The minimum atomic E-state index is -0.996. The quantitative estimate of drug-likeness (QED) is 0.583. The molecule has 1 N–H and O–H groups in total. The molecule has 33 heavy (non-hydrogen) atoms. The van der Waals surface area contributed by atoms with E-state index in [9.17, 15) is 14.3 Å². The Balaban J connectivity index is 1.50. The predicted octanol–water partition coefficient (Wildman–Crippen LogP) is 5.19. The number of piperidine rings is 2. The molecule has 5 nitrogen and oxygen atoms in total. The van der Waals surface area contributed by atoms with Gasteiger partial charge in [0.2, 0.25) is 0 Å². The fourth-order valence-electron chi connectivity index (χ4n) is 5.48. The number of nitrogens with zero attached hydrogens (tertiary/aromatic N) is 3. The van der Waals surface area contributed by atoms with Crippen LogP contribution in [0, 0.1) is 5.82 Å². The molecule has 3 heterocycles. The summed E-state index contributed by atoms with van der Waals surface area (Å²) in [5.41, 5.74) is 2.19. The molecule has 2 aromatic carbocycles. The monoisotopic (exact) mass is 447 g/mol. The van der Waals surface area contributed by atoms with Gasteiger partial charge in [-0.05, 0) is 70.1 Å². The Bertz CT molecular complexity index is 1150. The molecule has 172 valence electrons. The summed E-state index contributed by atoms with van der Waals surface area (Å²) in [6.07, 6.45) is 6.08. The third-order valence-corrected chi connectivity index (χ3v) is 7.18. The number of hydrogen-bond donors (Lipinski definition) is 1. The normalized spacial score (nSPS) is 18.6. The van der Waals surface area contributed by atoms with Crippen LogP contribution in [0.4, 0.5) is 4.39 Å². The fraction of sp³-hybridized carbons (Fsp3) is 0.407. The highest BCUT2D eigenvalue weighted by atomic mass is 19.1. The van der Waals surface area contributed by atoms with Crippen molar-refractivity contribution in [3.8, 4) is 11.3 Å². The van der Waals surface area contributed by atoms with Crippen molar-refractivity contribution in [2.24, 2.45) is 0 Å². The number of carboxylic acid groups (broad SMARTS) is 1. The minimum absolute atomic E-state index is 0.233. The number of halogens is 1. The highest BCUT2D eigenvalue weighted by Gasteiger charge is 2.28. The summed E-state index contributed by atoms with van der Waals surface area (Å²) in [5, 5.41) is 10.8. The molecule has 6 heteroatoms. The van der Waals surface area contributed by atoms with Crippen LogP contribution in [-0.4, -0.2) is 58.1 Å². The number of rotatable bonds is 5. The average Bonchev–Trinajstić information content (AvgIpc) is 2.85. The number of pyridine rings is 1. The van der Waals surface area contributed by atoms with Gasteiger partial charge in [0, 0.05) is 29.1 Å². The second-order valence-corrected chi connectivity index (χ2v) is 9.22. The maximum absolute atomic E-state index is 14.8. The summed E-state index contributed by atoms with van der Waals surface area (Å²) in [6.45, 7) is 4.66. The number of carbonyl (C=O) groups is 1. The molecule has 2 fully saturated rings. The van der Waals surface area contributed by atoms with Crippen LogP contribution < -0.4 is 0 Å². The van der Waals surface area contributed by atoms with Crippen molar-refractivity contribution < 1.29 is 14.3 Å². The Morgan fingerprint density at radius 3 is 2.39 bits per heavy atom. The van der Waals surface area contributed by atoms with Gasteiger partial charge in [-0.15, -0.1) is 0 Å². The van der Waals surface area contributed by atoms with E-state index in [0.717, 1.165) is 25.9 Å². The topological polar surface area (TPSA) is 56.7 Å².